The Kier molecular flexibility index (Phi) is 5.20. The van der Waals surface area contributed by atoms with Crippen LogP contribution in [-0.4, -0.2) is 41.9 Å². The number of hydrogen-bond acceptors (Lipinski definition) is 4. The molecule has 30 heavy (non-hydrogen) atoms. The maximum atomic E-state index is 13.2. The van der Waals surface area contributed by atoms with Crippen LogP contribution in [0.1, 0.15) is 42.1 Å². The summed E-state index contributed by atoms with van der Waals surface area (Å²) >= 11 is 0. The van der Waals surface area contributed by atoms with Crippen LogP contribution in [0, 0.1) is 0 Å². The largest absolute Gasteiger partial charge is 0.496 e. The predicted molar refractivity (Wildman–Crippen MR) is 112 cm³/mol. The summed E-state index contributed by atoms with van der Waals surface area (Å²) in [7, 11) is 1.59. The normalized spacial score (nSPS) is 20.1. The minimum absolute atomic E-state index is 0.00285. The van der Waals surface area contributed by atoms with Gasteiger partial charge in [0.1, 0.15) is 11.4 Å². The Bertz CT molecular complexity index is 1010. The standard InChI is InChI=1S/C23H25N3O4/c1-23-13-11-21(28)26(23)18-9-5-4-8-17(18)22(29)25(23)14-12-20(27)24-15-16-7-3-6-10-19(16)30-2/h3-10H,11-15H2,1-2H3,(H,24,27). The number of fused-ring (bicyclic) bond motifs is 3. The monoisotopic (exact) mass is 407 g/mol. The number of nitrogens with one attached hydrogen (secondary N) is 1. The summed E-state index contributed by atoms with van der Waals surface area (Å²) in [6, 6.07) is 14.7. The maximum absolute atomic E-state index is 13.2. The zero-order valence-corrected chi connectivity index (χ0v) is 17.2. The van der Waals surface area contributed by atoms with E-state index in [4.69, 9.17) is 4.74 Å². The first-order valence-corrected chi connectivity index (χ1v) is 10.1. The number of rotatable bonds is 6. The molecule has 7 nitrogen and oxygen atoms in total. The molecule has 1 saturated heterocycles. The third-order valence-electron chi connectivity index (χ3n) is 5.98. The van der Waals surface area contributed by atoms with Crippen molar-refractivity contribution < 1.29 is 19.1 Å². The van der Waals surface area contributed by atoms with Crippen molar-refractivity contribution in [1.82, 2.24) is 10.2 Å². The van der Waals surface area contributed by atoms with Crippen molar-refractivity contribution in [2.45, 2.75) is 38.4 Å². The topological polar surface area (TPSA) is 79.0 Å². The number of para-hydroxylation sites is 2. The first-order valence-electron chi connectivity index (χ1n) is 10.1. The van der Waals surface area contributed by atoms with E-state index >= 15 is 0 Å². The fraction of sp³-hybridized carbons (Fsp3) is 0.348. The van der Waals surface area contributed by atoms with E-state index in [-0.39, 0.29) is 30.7 Å². The van der Waals surface area contributed by atoms with Crippen molar-refractivity contribution in [2.24, 2.45) is 0 Å². The number of carbonyl (C=O) groups excluding carboxylic acids is 3. The van der Waals surface area contributed by atoms with Crippen LogP contribution in [0.3, 0.4) is 0 Å². The van der Waals surface area contributed by atoms with Crippen LogP contribution in [0.25, 0.3) is 0 Å². The van der Waals surface area contributed by atoms with Gasteiger partial charge in [-0.25, -0.2) is 0 Å². The molecule has 4 rings (SSSR count). The van der Waals surface area contributed by atoms with Gasteiger partial charge in [0.15, 0.2) is 0 Å². The summed E-state index contributed by atoms with van der Waals surface area (Å²) in [6.45, 7) is 2.49. The van der Waals surface area contributed by atoms with Crippen LogP contribution in [0.4, 0.5) is 5.69 Å². The first kappa shape index (κ1) is 19.9. The molecule has 0 spiro atoms. The molecule has 1 unspecified atom stereocenters. The van der Waals surface area contributed by atoms with Crippen molar-refractivity contribution >= 4 is 23.4 Å². The van der Waals surface area contributed by atoms with E-state index < -0.39 is 5.66 Å². The van der Waals surface area contributed by atoms with Crippen LogP contribution in [0.5, 0.6) is 5.75 Å². The van der Waals surface area contributed by atoms with Crippen LogP contribution < -0.4 is 15.0 Å². The molecule has 1 fully saturated rings. The van der Waals surface area contributed by atoms with Crippen molar-refractivity contribution in [3.05, 3.63) is 59.7 Å². The number of anilines is 1. The van der Waals surface area contributed by atoms with Gasteiger partial charge in [-0.05, 0) is 31.5 Å². The summed E-state index contributed by atoms with van der Waals surface area (Å²) in [5.41, 5.74) is 1.30. The van der Waals surface area contributed by atoms with Crippen molar-refractivity contribution in [3.8, 4) is 5.75 Å². The molecule has 7 heteroatoms. The molecule has 2 heterocycles. The smallest absolute Gasteiger partial charge is 0.257 e. The number of benzene rings is 2. The van der Waals surface area contributed by atoms with Gasteiger partial charge in [0.25, 0.3) is 5.91 Å². The highest BCUT2D eigenvalue weighted by molar-refractivity contribution is 6.10. The van der Waals surface area contributed by atoms with Gasteiger partial charge in [0, 0.05) is 31.5 Å². The van der Waals surface area contributed by atoms with Gasteiger partial charge < -0.3 is 15.0 Å². The summed E-state index contributed by atoms with van der Waals surface area (Å²) in [4.78, 5) is 41.7. The van der Waals surface area contributed by atoms with Gasteiger partial charge in [0.2, 0.25) is 11.8 Å². The molecular weight excluding hydrogens is 382 g/mol. The molecule has 3 amide bonds. The molecule has 0 aromatic heterocycles. The lowest BCUT2D eigenvalue weighted by Crippen LogP contribution is -2.62. The number of ether oxygens (including phenoxy) is 1. The second kappa shape index (κ2) is 7.82. The van der Waals surface area contributed by atoms with Crippen LogP contribution in [-0.2, 0) is 16.1 Å². The fourth-order valence-electron chi connectivity index (χ4n) is 4.39. The molecule has 0 bridgehead atoms. The quantitative estimate of drug-likeness (QED) is 0.799. The van der Waals surface area contributed by atoms with Crippen LogP contribution in [0.15, 0.2) is 48.5 Å². The lowest BCUT2D eigenvalue weighted by Gasteiger charge is -2.48. The van der Waals surface area contributed by atoms with Gasteiger partial charge in [-0.3, -0.25) is 19.3 Å². The van der Waals surface area contributed by atoms with Gasteiger partial charge >= 0.3 is 0 Å². The van der Waals surface area contributed by atoms with Gasteiger partial charge in [-0.2, -0.15) is 0 Å². The third-order valence-corrected chi connectivity index (χ3v) is 5.98. The Labute approximate surface area is 175 Å². The maximum Gasteiger partial charge on any atom is 0.257 e. The number of methoxy groups -OCH3 is 1. The Balaban J connectivity index is 1.47. The van der Waals surface area contributed by atoms with E-state index in [9.17, 15) is 14.4 Å². The van der Waals surface area contributed by atoms with Crippen molar-refractivity contribution in [1.29, 1.82) is 0 Å². The van der Waals surface area contributed by atoms with E-state index in [0.717, 1.165) is 5.56 Å². The number of amides is 3. The van der Waals surface area contributed by atoms with E-state index in [2.05, 4.69) is 5.32 Å². The lowest BCUT2D eigenvalue weighted by atomic mass is 9.98. The molecule has 2 aliphatic heterocycles. The molecule has 0 saturated carbocycles. The predicted octanol–water partition coefficient (Wildman–Crippen LogP) is 2.70. The second-order valence-corrected chi connectivity index (χ2v) is 7.76. The Morgan fingerprint density at radius 1 is 1.13 bits per heavy atom. The van der Waals surface area contributed by atoms with E-state index in [1.165, 1.54) is 0 Å². The molecule has 156 valence electrons. The summed E-state index contributed by atoms with van der Waals surface area (Å²) in [5, 5.41) is 2.89. The zero-order chi connectivity index (χ0) is 21.3. The van der Waals surface area contributed by atoms with E-state index in [1.807, 2.05) is 43.3 Å². The number of nitrogens with zero attached hydrogens (tertiary/aromatic N) is 2. The fourth-order valence-corrected chi connectivity index (χ4v) is 4.39. The lowest BCUT2D eigenvalue weighted by molar-refractivity contribution is -0.121. The average molecular weight is 407 g/mol. The Hall–Kier alpha value is -3.35. The van der Waals surface area contributed by atoms with Gasteiger partial charge in [-0.1, -0.05) is 30.3 Å². The average Bonchev–Trinajstić information content (AvgIpc) is 3.07. The van der Waals surface area contributed by atoms with Crippen molar-refractivity contribution in [2.75, 3.05) is 18.6 Å². The second-order valence-electron chi connectivity index (χ2n) is 7.76. The van der Waals surface area contributed by atoms with Crippen molar-refractivity contribution in [3.63, 3.8) is 0 Å². The molecule has 1 atom stereocenters. The third kappa shape index (κ3) is 3.30. The molecule has 0 radical (unpaired) electrons. The van der Waals surface area contributed by atoms with Gasteiger partial charge in [0.05, 0.1) is 18.4 Å². The molecule has 2 aromatic carbocycles. The Morgan fingerprint density at radius 2 is 1.87 bits per heavy atom. The number of hydrogen-bond donors (Lipinski definition) is 1. The minimum atomic E-state index is -0.745. The Morgan fingerprint density at radius 3 is 2.67 bits per heavy atom. The summed E-state index contributed by atoms with van der Waals surface area (Å²) in [6.07, 6.45) is 1.09. The SMILES string of the molecule is COc1ccccc1CNC(=O)CCN1C(=O)c2ccccc2N2C(=O)CCC12C. The molecule has 0 aliphatic carbocycles. The highest BCUT2D eigenvalue weighted by Crippen LogP contribution is 2.43. The van der Waals surface area contributed by atoms with Crippen LogP contribution in [0.2, 0.25) is 0 Å². The first-order chi connectivity index (χ1) is 14.5. The summed E-state index contributed by atoms with van der Waals surface area (Å²) < 4.78 is 5.31. The van der Waals surface area contributed by atoms with Crippen LogP contribution >= 0.6 is 0 Å². The highest BCUT2D eigenvalue weighted by Gasteiger charge is 2.52. The molecular formula is C23H25N3O4. The number of carbonyl (C=O) groups is 3. The molecule has 2 aromatic rings. The summed E-state index contributed by atoms with van der Waals surface area (Å²) in [5.74, 6) is 0.417. The minimum Gasteiger partial charge on any atom is -0.496 e. The van der Waals surface area contributed by atoms with Gasteiger partial charge in [-0.15, -0.1) is 0 Å². The zero-order valence-electron chi connectivity index (χ0n) is 17.2. The molecule has 1 N–H and O–H groups in total. The highest BCUT2D eigenvalue weighted by atomic mass is 16.5. The van der Waals surface area contributed by atoms with E-state index in [1.54, 1.807) is 29.0 Å². The molecule has 2 aliphatic rings. The van der Waals surface area contributed by atoms with E-state index in [0.29, 0.717) is 36.4 Å².